The van der Waals surface area contributed by atoms with E-state index in [0.717, 1.165) is 12.1 Å². The van der Waals surface area contributed by atoms with E-state index < -0.39 is 0 Å². The molecule has 0 radical (unpaired) electrons. The maximum absolute atomic E-state index is 8.44. The van der Waals surface area contributed by atoms with Crippen molar-refractivity contribution < 1.29 is 0 Å². The Morgan fingerprint density at radius 2 is 2.36 bits per heavy atom. The number of nitrogens with two attached hydrogens (primary N) is 1. The SMILES string of the molecule is N#Cc1ccc(CCN)nc1. The summed E-state index contributed by atoms with van der Waals surface area (Å²) in [5.74, 6) is 0. The van der Waals surface area contributed by atoms with Crippen LogP contribution in [0.5, 0.6) is 0 Å². The molecule has 56 valence electrons. The topological polar surface area (TPSA) is 62.7 Å². The van der Waals surface area contributed by atoms with Gasteiger partial charge in [0.05, 0.1) is 5.56 Å². The molecule has 2 N–H and O–H groups in total. The third-order valence-electron chi connectivity index (χ3n) is 1.35. The van der Waals surface area contributed by atoms with Crippen molar-refractivity contribution in [3.05, 3.63) is 29.6 Å². The molecule has 0 aliphatic rings. The Morgan fingerprint density at radius 3 is 2.82 bits per heavy atom. The van der Waals surface area contributed by atoms with Gasteiger partial charge in [0.15, 0.2) is 0 Å². The summed E-state index contributed by atoms with van der Waals surface area (Å²) < 4.78 is 0. The number of rotatable bonds is 2. The average molecular weight is 147 g/mol. The Bertz CT molecular complexity index is 258. The lowest BCUT2D eigenvalue weighted by Gasteiger charge is -1.95. The molecule has 1 rings (SSSR count). The molecule has 0 spiro atoms. The molecule has 3 nitrogen and oxygen atoms in total. The summed E-state index contributed by atoms with van der Waals surface area (Å²) >= 11 is 0. The van der Waals surface area contributed by atoms with Crippen LogP contribution in [0.1, 0.15) is 11.3 Å². The van der Waals surface area contributed by atoms with E-state index in [2.05, 4.69) is 4.98 Å². The highest BCUT2D eigenvalue weighted by molar-refractivity contribution is 5.26. The number of nitriles is 1. The summed E-state index contributed by atoms with van der Waals surface area (Å²) in [6, 6.07) is 5.58. The largest absolute Gasteiger partial charge is 0.330 e. The first-order chi connectivity index (χ1) is 5.36. The lowest BCUT2D eigenvalue weighted by Crippen LogP contribution is -2.03. The second-order valence-corrected chi connectivity index (χ2v) is 2.19. The molecule has 0 saturated heterocycles. The molecule has 1 heterocycles. The van der Waals surface area contributed by atoms with Crippen LogP contribution in [-0.2, 0) is 6.42 Å². The van der Waals surface area contributed by atoms with Crippen molar-refractivity contribution in [2.75, 3.05) is 6.54 Å². The van der Waals surface area contributed by atoms with Crippen molar-refractivity contribution in [1.29, 1.82) is 5.26 Å². The van der Waals surface area contributed by atoms with E-state index in [4.69, 9.17) is 11.0 Å². The van der Waals surface area contributed by atoms with E-state index in [1.165, 1.54) is 0 Å². The van der Waals surface area contributed by atoms with Crippen molar-refractivity contribution in [3.8, 4) is 6.07 Å². The minimum atomic E-state index is 0.589. The van der Waals surface area contributed by atoms with Crippen LogP contribution < -0.4 is 5.73 Å². The highest BCUT2D eigenvalue weighted by Gasteiger charge is 1.92. The van der Waals surface area contributed by atoms with E-state index >= 15 is 0 Å². The maximum Gasteiger partial charge on any atom is 0.101 e. The Labute approximate surface area is 65.5 Å². The van der Waals surface area contributed by atoms with Crippen LogP contribution >= 0.6 is 0 Å². The molecule has 0 aliphatic heterocycles. The molecule has 0 atom stereocenters. The number of aromatic nitrogens is 1. The third kappa shape index (κ3) is 2.03. The summed E-state index contributed by atoms with van der Waals surface area (Å²) in [6.07, 6.45) is 2.33. The van der Waals surface area contributed by atoms with Gasteiger partial charge in [-0.25, -0.2) is 0 Å². The van der Waals surface area contributed by atoms with Crippen LogP contribution in [0.15, 0.2) is 18.3 Å². The molecular formula is C8H9N3. The zero-order chi connectivity index (χ0) is 8.10. The van der Waals surface area contributed by atoms with Gasteiger partial charge in [0, 0.05) is 18.3 Å². The molecule has 3 heteroatoms. The first kappa shape index (κ1) is 7.70. The molecular weight excluding hydrogens is 138 g/mol. The fourth-order valence-corrected chi connectivity index (χ4v) is 0.786. The van der Waals surface area contributed by atoms with Gasteiger partial charge in [0.2, 0.25) is 0 Å². The number of hydrogen-bond donors (Lipinski definition) is 1. The lowest BCUT2D eigenvalue weighted by atomic mass is 10.2. The normalized spacial score (nSPS) is 9.09. The van der Waals surface area contributed by atoms with Crippen LogP contribution in [0.3, 0.4) is 0 Å². The predicted molar refractivity (Wildman–Crippen MR) is 41.7 cm³/mol. The smallest absolute Gasteiger partial charge is 0.101 e. The van der Waals surface area contributed by atoms with Gasteiger partial charge in [0.25, 0.3) is 0 Å². The van der Waals surface area contributed by atoms with Gasteiger partial charge in [-0.2, -0.15) is 5.26 Å². The summed E-state index contributed by atoms with van der Waals surface area (Å²) in [5.41, 5.74) is 6.85. The monoisotopic (exact) mass is 147 g/mol. The first-order valence-electron chi connectivity index (χ1n) is 3.42. The van der Waals surface area contributed by atoms with Gasteiger partial charge in [-0.05, 0) is 18.7 Å². The Morgan fingerprint density at radius 1 is 1.55 bits per heavy atom. The minimum absolute atomic E-state index is 0.589. The number of nitrogens with zero attached hydrogens (tertiary/aromatic N) is 2. The van der Waals surface area contributed by atoms with Gasteiger partial charge in [-0.3, -0.25) is 4.98 Å². The van der Waals surface area contributed by atoms with Crippen molar-refractivity contribution in [3.63, 3.8) is 0 Å². The molecule has 0 amide bonds. The zero-order valence-electron chi connectivity index (χ0n) is 6.12. The van der Waals surface area contributed by atoms with Crippen LogP contribution in [0.2, 0.25) is 0 Å². The Balaban J connectivity index is 2.76. The number of hydrogen-bond acceptors (Lipinski definition) is 3. The maximum atomic E-state index is 8.44. The van der Waals surface area contributed by atoms with E-state index in [-0.39, 0.29) is 0 Å². The molecule has 0 fully saturated rings. The number of pyridine rings is 1. The van der Waals surface area contributed by atoms with Crippen molar-refractivity contribution in [1.82, 2.24) is 4.98 Å². The predicted octanol–water partition coefficient (Wildman–Crippen LogP) is 0.454. The van der Waals surface area contributed by atoms with E-state index in [1.807, 2.05) is 12.1 Å². The van der Waals surface area contributed by atoms with Crippen LogP contribution in [0.25, 0.3) is 0 Å². The molecule has 1 aromatic heterocycles. The third-order valence-corrected chi connectivity index (χ3v) is 1.35. The van der Waals surface area contributed by atoms with Crippen molar-refractivity contribution in [2.45, 2.75) is 6.42 Å². The minimum Gasteiger partial charge on any atom is -0.330 e. The fraction of sp³-hybridized carbons (Fsp3) is 0.250. The molecule has 0 aliphatic carbocycles. The molecule has 0 saturated carbocycles. The second kappa shape index (κ2) is 3.69. The lowest BCUT2D eigenvalue weighted by molar-refractivity contribution is 0.922. The Hall–Kier alpha value is -1.40. The van der Waals surface area contributed by atoms with E-state index in [1.54, 1.807) is 12.3 Å². The second-order valence-electron chi connectivity index (χ2n) is 2.19. The summed E-state index contributed by atoms with van der Waals surface area (Å²) in [5, 5.41) is 8.44. The van der Waals surface area contributed by atoms with Crippen LogP contribution in [-0.4, -0.2) is 11.5 Å². The standard InChI is InChI=1S/C8H9N3/c9-4-3-8-2-1-7(5-10)6-11-8/h1-2,6H,3-4,9H2. The van der Waals surface area contributed by atoms with Gasteiger partial charge < -0.3 is 5.73 Å². The highest BCUT2D eigenvalue weighted by atomic mass is 14.7. The molecule has 0 aromatic carbocycles. The van der Waals surface area contributed by atoms with Crippen molar-refractivity contribution >= 4 is 0 Å². The molecule has 11 heavy (non-hydrogen) atoms. The van der Waals surface area contributed by atoms with E-state index in [0.29, 0.717) is 12.1 Å². The van der Waals surface area contributed by atoms with E-state index in [9.17, 15) is 0 Å². The summed E-state index contributed by atoms with van der Waals surface area (Å²) in [4.78, 5) is 4.04. The van der Waals surface area contributed by atoms with Gasteiger partial charge in [-0.15, -0.1) is 0 Å². The van der Waals surface area contributed by atoms with Crippen LogP contribution in [0, 0.1) is 11.3 Å². The molecule has 1 aromatic rings. The zero-order valence-corrected chi connectivity index (χ0v) is 6.12. The van der Waals surface area contributed by atoms with Gasteiger partial charge in [0.1, 0.15) is 6.07 Å². The summed E-state index contributed by atoms with van der Waals surface area (Å²) in [6.45, 7) is 0.596. The summed E-state index contributed by atoms with van der Waals surface area (Å²) in [7, 11) is 0. The van der Waals surface area contributed by atoms with Crippen molar-refractivity contribution in [2.24, 2.45) is 5.73 Å². The highest BCUT2D eigenvalue weighted by Crippen LogP contribution is 1.98. The molecule has 0 bridgehead atoms. The first-order valence-corrected chi connectivity index (χ1v) is 3.42. The molecule has 0 unspecified atom stereocenters. The fourth-order valence-electron chi connectivity index (χ4n) is 0.786. The van der Waals surface area contributed by atoms with Crippen LogP contribution in [0.4, 0.5) is 0 Å². The average Bonchev–Trinajstić information content (AvgIpc) is 2.07. The quantitative estimate of drug-likeness (QED) is 0.660. The van der Waals surface area contributed by atoms with Gasteiger partial charge in [-0.1, -0.05) is 0 Å². The Kier molecular flexibility index (Phi) is 2.59. The van der Waals surface area contributed by atoms with Gasteiger partial charge >= 0.3 is 0 Å².